The van der Waals surface area contributed by atoms with E-state index in [4.69, 9.17) is 11.6 Å². The van der Waals surface area contributed by atoms with E-state index in [0.29, 0.717) is 13.1 Å². The van der Waals surface area contributed by atoms with Gasteiger partial charge in [0.1, 0.15) is 0 Å². The van der Waals surface area contributed by atoms with Crippen LogP contribution in [0.15, 0.2) is 18.2 Å². The highest BCUT2D eigenvalue weighted by Gasteiger charge is 2.33. The molecule has 0 saturated carbocycles. The maximum Gasteiger partial charge on any atom is 0.417 e. The SMILES string of the molecule is CN(C)S(=O)(=O)N1CCN(CC(=O)Nc2ccc(Cl)c(C(F)(F)F)c2)CC1. The average Bonchev–Trinajstić information content (AvgIpc) is 2.56. The van der Waals surface area contributed by atoms with Gasteiger partial charge in [-0.2, -0.15) is 30.2 Å². The number of hydrogen-bond donors (Lipinski definition) is 1. The van der Waals surface area contributed by atoms with Crippen molar-refractivity contribution in [2.24, 2.45) is 0 Å². The van der Waals surface area contributed by atoms with Crippen molar-refractivity contribution in [2.45, 2.75) is 6.18 Å². The minimum Gasteiger partial charge on any atom is -0.325 e. The Bertz CT molecular complexity index is 794. The van der Waals surface area contributed by atoms with Crippen molar-refractivity contribution in [1.29, 1.82) is 0 Å². The number of anilines is 1. The molecule has 2 rings (SSSR count). The smallest absolute Gasteiger partial charge is 0.325 e. The Morgan fingerprint density at radius 3 is 2.33 bits per heavy atom. The number of carbonyl (C=O) groups is 1. The van der Waals surface area contributed by atoms with E-state index in [1.54, 1.807) is 4.90 Å². The largest absolute Gasteiger partial charge is 0.417 e. The minimum atomic E-state index is -4.62. The summed E-state index contributed by atoms with van der Waals surface area (Å²) in [5.74, 6) is -0.491. The Kier molecular flexibility index (Phi) is 6.74. The normalized spacial score (nSPS) is 17.3. The molecule has 0 atom stereocenters. The van der Waals surface area contributed by atoms with Crippen molar-refractivity contribution < 1.29 is 26.4 Å². The lowest BCUT2D eigenvalue weighted by Crippen LogP contribution is -2.52. The second-order valence-electron chi connectivity index (χ2n) is 6.21. The van der Waals surface area contributed by atoms with Gasteiger partial charge in [-0.25, -0.2) is 0 Å². The molecule has 0 radical (unpaired) electrons. The van der Waals surface area contributed by atoms with Crippen LogP contribution < -0.4 is 5.32 Å². The zero-order chi connectivity index (χ0) is 20.4. The zero-order valence-electron chi connectivity index (χ0n) is 14.8. The molecule has 1 aromatic carbocycles. The molecule has 1 fully saturated rings. The predicted molar refractivity (Wildman–Crippen MR) is 95.7 cm³/mol. The van der Waals surface area contributed by atoms with Crippen molar-refractivity contribution in [3.63, 3.8) is 0 Å². The molecule has 0 unspecified atom stereocenters. The van der Waals surface area contributed by atoms with Gasteiger partial charge in [0.05, 0.1) is 17.1 Å². The molecule has 0 aliphatic carbocycles. The van der Waals surface area contributed by atoms with Crippen LogP contribution in [0.2, 0.25) is 5.02 Å². The van der Waals surface area contributed by atoms with Crippen LogP contribution in [0.4, 0.5) is 18.9 Å². The molecule has 7 nitrogen and oxygen atoms in total. The van der Waals surface area contributed by atoms with Gasteiger partial charge in [0.2, 0.25) is 5.91 Å². The number of rotatable bonds is 5. The van der Waals surface area contributed by atoms with Crippen molar-refractivity contribution in [2.75, 3.05) is 52.1 Å². The number of benzene rings is 1. The molecule has 12 heteroatoms. The molecule has 1 heterocycles. The van der Waals surface area contributed by atoms with Crippen molar-refractivity contribution in [1.82, 2.24) is 13.5 Å². The summed E-state index contributed by atoms with van der Waals surface area (Å²) >= 11 is 5.55. The molecular weight excluding hydrogens is 409 g/mol. The van der Waals surface area contributed by atoms with E-state index in [2.05, 4.69) is 5.32 Å². The van der Waals surface area contributed by atoms with Gasteiger partial charge < -0.3 is 5.32 Å². The average molecular weight is 429 g/mol. The number of halogens is 4. The van der Waals surface area contributed by atoms with E-state index in [1.807, 2.05) is 0 Å². The van der Waals surface area contributed by atoms with Gasteiger partial charge in [0.25, 0.3) is 10.2 Å². The van der Waals surface area contributed by atoms with Crippen LogP contribution in [0.1, 0.15) is 5.56 Å². The second-order valence-corrected chi connectivity index (χ2v) is 8.76. The molecule has 1 amide bonds. The van der Waals surface area contributed by atoms with Gasteiger partial charge in [0, 0.05) is 46.0 Å². The summed E-state index contributed by atoms with van der Waals surface area (Å²) < 4.78 is 65.1. The predicted octanol–water partition coefficient (Wildman–Crippen LogP) is 1.72. The van der Waals surface area contributed by atoms with Crippen LogP contribution in [0, 0.1) is 0 Å². The van der Waals surface area contributed by atoms with Crippen LogP contribution in [-0.4, -0.2) is 74.7 Å². The van der Waals surface area contributed by atoms with E-state index in [0.717, 1.165) is 16.4 Å². The fourth-order valence-corrected chi connectivity index (χ4v) is 3.88. The fourth-order valence-electron chi connectivity index (χ4n) is 2.57. The van der Waals surface area contributed by atoms with Gasteiger partial charge in [-0.3, -0.25) is 9.69 Å². The summed E-state index contributed by atoms with van der Waals surface area (Å²) in [4.78, 5) is 13.8. The van der Waals surface area contributed by atoms with Crippen LogP contribution in [0.5, 0.6) is 0 Å². The number of nitrogens with zero attached hydrogens (tertiary/aromatic N) is 3. The number of nitrogens with one attached hydrogen (secondary N) is 1. The zero-order valence-corrected chi connectivity index (χ0v) is 16.3. The number of hydrogen-bond acceptors (Lipinski definition) is 4. The second kappa shape index (κ2) is 8.31. The monoisotopic (exact) mass is 428 g/mol. The minimum absolute atomic E-state index is 0.00875. The first kappa shape index (κ1) is 21.9. The molecule has 0 bridgehead atoms. The molecule has 0 spiro atoms. The molecule has 27 heavy (non-hydrogen) atoms. The number of amides is 1. The molecule has 1 aliphatic heterocycles. The lowest BCUT2D eigenvalue weighted by atomic mass is 10.2. The van der Waals surface area contributed by atoms with Crippen LogP contribution in [0.3, 0.4) is 0 Å². The Morgan fingerprint density at radius 1 is 1.22 bits per heavy atom. The van der Waals surface area contributed by atoms with Crippen molar-refractivity contribution in [3.05, 3.63) is 28.8 Å². The first-order valence-electron chi connectivity index (χ1n) is 7.98. The first-order valence-corrected chi connectivity index (χ1v) is 9.75. The third kappa shape index (κ3) is 5.55. The number of piperazine rings is 1. The molecule has 1 saturated heterocycles. The number of carbonyl (C=O) groups excluding carboxylic acids is 1. The molecule has 0 aromatic heterocycles. The molecular formula is C15H20ClF3N4O3S. The molecule has 1 aromatic rings. The van der Waals surface area contributed by atoms with Gasteiger partial charge in [-0.15, -0.1) is 0 Å². The van der Waals surface area contributed by atoms with E-state index < -0.39 is 32.9 Å². The Balaban J connectivity index is 1.93. The van der Waals surface area contributed by atoms with E-state index in [9.17, 15) is 26.4 Å². The molecule has 1 N–H and O–H groups in total. The van der Waals surface area contributed by atoms with E-state index in [-0.39, 0.29) is 25.3 Å². The van der Waals surface area contributed by atoms with Crippen molar-refractivity contribution >= 4 is 33.4 Å². The van der Waals surface area contributed by atoms with Crippen LogP contribution in [0.25, 0.3) is 0 Å². The highest BCUT2D eigenvalue weighted by Crippen LogP contribution is 2.36. The van der Waals surface area contributed by atoms with Gasteiger partial charge >= 0.3 is 6.18 Å². The van der Waals surface area contributed by atoms with Gasteiger partial charge in [-0.05, 0) is 18.2 Å². The van der Waals surface area contributed by atoms with E-state index >= 15 is 0 Å². The van der Waals surface area contributed by atoms with Crippen LogP contribution >= 0.6 is 11.6 Å². The Hall–Kier alpha value is -1.40. The first-order chi connectivity index (χ1) is 12.4. The highest BCUT2D eigenvalue weighted by atomic mass is 35.5. The van der Waals surface area contributed by atoms with Crippen molar-refractivity contribution in [3.8, 4) is 0 Å². The van der Waals surface area contributed by atoms with Gasteiger partial charge in [-0.1, -0.05) is 11.6 Å². The topological polar surface area (TPSA) is 73.0 Å². The lowest BCUT2D eigenvalue weighted by molar-refractivity contribution is -0.137. The summed E-state index contributed by atoms with van der Waals surface area (Å²) in [5, 5.41) is 1.96. The summed E-state index contributed by atoms with van der Waals surface area (Å²) in [6.45, 7) is 1.09. The summed E-state index contributed by atoms with van der Waals surface area (Å²) in [6, 6.07) is 3.14. The quantitative estimate of drug-likeness (QED) is 0.775. The standard InChI is InChI=1S/C15H20ClF3N4O3S/c1-21(2)27(25,26)23-7-5-22(6-8-23)10-14(24)20-11-3-4-13(16)12(9-11)15(17,18)19/h3-4,9H,5-8,10H2,1-2H3,(H,20,24). The maximum absolute atomic E-state index is 12.9. The summed E-state index contributed by atoms with van der Waals surface area (Å²) in [7, 11) is -0.621. The fraction of sp³-hybridized carbons (Fsp3) is 0.533. The third-order valence-corrected chi connectivity index (χ3v) is 6.31. The lowest BCUT2D eigenvalue weighted by Gasteiger charge is -2.34. The van der Waals surface area contributed by atoms with Crippen LogP contribution in [-0.2, 0) is 21.2 Å². The maximum atomic E-state index is 12.9. The van der Waals surface area contributed by atoms with E-state index in [1.165, 1.54) is 24.5 Å². The summed E-state index contributed by atoms with van der Waals surface area (Å²) in [5.41, 5.74) is -1.03. The molecule has 152 valence electrons. The number of alkyl halides is 3. The third-order valence-electron chi connectivity index (χ3n) is 4.04. The summed E-state index contributed by atoms with van der Waals surface area (Å²) in [6.07, 6.45) is -4.62. The van der Waals surface area contributed by atoms with Gasteiger partial charge in [0.15, 0.2) is 0 Å². The molecule has 1 aliphatic rings. The Labute approximate surface area is 160 Å². The Morgan fingerprint density at radius 2 is 1.81 bits per heavy atom. The highest BCUT2D eigenvalue weighted by molar-refractivity contribution is 7.86.